The zero-order valence-corrected chi connectivity index (χ0v) is 14.8. The third-order valence-electron chi connectivity index (χ3n) is 4.19. The molecular formula is C17H27N3O6. The van der Waals surface area contributed by atoms with Crippen molar-refractivity contribution >= 4 is 11.9 Å². The van der Waals surface area contributed by atoms with E-state index in [0.29, 0.717) is 6.04 Å². The number of carboxylic acid groups (broad SMARTS) is 2. The number of carboxylic acids is 2. The van der Waals surface area contributed by atoms with Gasteiger partial charge in [0.15, 0.2) is 12.2 Å². The smallest absolute Gasteiger partial charge is 0.335 e. The summed E-state index contributed by atoms with van der Waals surface area (Å²) in [5, 5.41) is 39.7. The van der Waals surface area contributed by atoms with E-state index in [1.54, 1.807) is 0 Å². The third-order valence-corrected chi connectivity index (χ3v) is 4.19. The van der Waals surface area contributed by atoms with E-state index >= 15 is 0 Å². The van der Waals surface area contributed by atoms with Crippen LogP contribution in [0.4, 0.5) is 0 Å². The van der Waals surface area contributed by atoms with Crippen LogP contribution < -0.4 is 0 Å². The van der Waals surface area contributed by atoms with Crippen molar-refractivity contribution in [3.8, 4) is 0 Å². The van der Waals surface area contributed by atoms with Crippen molar-refractivity contribution < 1.29 is 30.0 Å². The molecule has 0 radical (unpaired) electrons. The number of aliphatic carboxylic acids is 2. The monoisotopic (exact) mass is 369 g/mol. The van der Waals surface area contributed by atoms with Crippen molar-refractivity contribution in [3.05, 3.63) is 30.1 Å². The second kappa shape index (κ2) is 10.7. The number of hydrogen-bond donors (Lipinski definition) is 5. The summed E-state index contributed by atoms with van der Waals surface area (Å²) >= 11 is 0. The molecule has 0 bridgehead atoms. The molecule has 0 amide bonds. The number of aromatic nitrogens is 2. The van der Waals surface area contributed by atoms with Crippen LogP contribution >= 0.6 is 0 Å². The highest BCUT2D eigenvalue weighted by atomic mass is 16.4. The first-order chi connectivity index (χ1) is 12.3. The molecule has 9 nitrogen and oxygen atoms in total. The summed E-state index contributed by atoms with van der Waals surface area (Å²) in [6, 6.07) is 0.669. The number of hydrogen-bond acceptors (Lipinski definition) is 6. The van der Waals surface area contributed by atoms with E-state index in [9.17, 15) is 9.59 Å². The lowest BCUT2D eigenvalue weighted by Gasteiger charge is -2.33. The lowest BCUT2D eigenvalue weighted by molar-refractivity contribution is -0.165. The summed E-state index contributed by atoms with van der Waals surface area (Å²) in [5.74, 6) is -3.54. The standard InChI is InChI=1S/C13H21N3.C4H6O6/c1-3-7-16(8-4-2)12-5-6-13-11(9-12)10-14-15-13;5-1(3(7)8)2(6)4(9)10/h3,10,12H,1,4-9H2,2H3,(H,14,15);1-2,5-6H,(H,7,8)(H,9,10). The van der Waals surface area contributed by atoms with E-state index in [-0.39, 0.29) is 0 Å². The first-order valence-corrected chi connectivity index (χ1v) is 8.49. The fourth-order valence-electron chi connectivity index (χ4n) is 2.85. The van der Waals surface area contributed by atoms with Gasteiger partial charge >= 0.3 is 11.9 Å². The van der Waals surface area contributed by atoms with E-state index < -0.39 is 24.1 Å². The van der Waals surface area contributed by atoms with Crippen molar-refractivity contribution in [3.63, 3.8) is 0 Å². The first kappa shape index (κ1) is 21.8. The first-order valence-electron chi connectivity index (χ1n) is 8.49. The van der Waals surface area contributed by atoms with E-state index in [1.807, 2.05) is 12.3 Å². The maximum absolute atomic E-state index is 9.77. The van der Waals surface area contributed by atoms with Crippen molar-refractivity contribution in [1.82, 2.24) is 15.1 Å². The van der Waals surface area contributed by atoms with Crippen LogP contribution in [-0.4, -0.2) is 78.8 Å². The Bertz CT molecular complexity index is 585. The molecule has 0 aliphatic heterocycles. The largest absolute Gasteiger partial charge is 0.479 e. The summed E-state index contributed by atoms with van der Waals surface area (Å²) < 4.78 is 0. The lowest BCUT2D eigenvalue weighted by atomic mass is 9.92. The molecule has 1 aliphatic rings. The van der Waals surface area contributed by atoms with E-state index in [4.69, 9.17) is 20.4 Å². The molecule has 3 unspecified atom stereocenters. The van der Waals surface area contributed by atoms with Gasteiger partial charge in [-0.15, -0.1) is 6.58 Å². The van der Waals surface area contributed by atoms with Crippen molar-refractivity contribution in [2.45, 2.75) is 50.9 Å². The minimum atomic E-state index is -2.27. The Balaban J connectivity index is 0.000000294. The van der Waals surface area contributed by atoms with E-state index in [2.05, 4.69) is 28.6 Å². The summed E-state index contributed by atoms with van der Waals surface area (Å²) in [7, 11) is 0. The molecule has 0 saturated carbocycles. The number of aromatic amines is 1. The van der Waals surface area contributed by atoms with E-state index in [0.717, 1.165) is 19.4 Å². The Morgan fingerprint density at radius 1 is 1.38 bits per heavy atom. The van der Waals surface area contributed by atoms with Crippen molar-refractivity contribution in [2.24, 2.45) is 0 Å². The topological polar surface area (TPSA) is 147 Å². The molecule has 1 heterocycles. The van der Waals surface area contributed by atoms with Gasteiger partial charge in [0.1, 0.15) is 0 Å². The van der Waals surface area contributed by atoms with Crippen LogP contribution in [0.2, 0.25) is 0 Å². The summed E-state index contributed by atoms with van der Waals surface area (Å²) in [4.78, 5) is 22.1. The van der Waals surface area contributed by atoms with Crippen LogP contribution in [0.5, 0.6) is 0 Å². The van der Waals surface area contributed by atoms with Gasteiger partial charge in [0.2, 0.25) is 0 Å². The number of aryl methyl sites for hydroxylation is 1. The zero-order chi connectivity index (χ0) is 19.7. The Morgan fingerprint density at radius 2 is 2.00 bits per heavy atom. The molecule has 5 N–H and O–H groups in total. The summed E-state index contributed by atoms with van der Waals surface area (Å²) in [6.45, 7) is 8.27. The molecule has 9 heteroatoms. The number of aliphatic hydroxyl groups excluding tert-OH is 2. The van der Waals surface area contributed by atoms with Gasteiger partial charge in [0.25, 0.3) is 0 Å². The van der Waals surface area contributed by atoms with E-state index in [1.165, 1.54) is 30.6 Å². The van der Waals surface area contributed by atoms with Gasteiger partial charge in [0.05, 0.1) is 6.20 Å². The van der Waals surface area contributed by atoms with Crippen LogP contribution in [0.1, 0.15) is 31.0 Å². The van der Waals surface area contributed by atoms with Crippen LogP contribution in [0.15, 0.2) is 18.9 Å². The predicted molar refractivity (Wildman–Crippen MR) is 93.7 cm³/mol. The molecule has 26 heavy (non-hydrogen) atoms. The quantitative estimate of drug-likeness (QED) is 0.404. The van der Waals surface area contributed by atoms with Crippen LogP contribution in [0.25, 0.3) is 0 Å². The average molecular weight is 369 g/mol. The van der Waals surface area contributed by atoms with Gasteiger partial charge in [0, 0.05) is 18.3 Å². The van der Waals surface area contributed by atoms with Gasteiger partial charge in [-0.25, -0.2) is 9.59 Å². The number of fused-ring (bicyclic) bond motifs is 1. The molecule has 0 saturated heterocycles. The van der Waals surface area contributed by atoms with Gasteiger partial charge in [-0.05, 0) is 37.8 Å². The third kappa shape index (κ3) is 6.25. The Morgan fingerprint density at radius 3 is 2.50 bits per heavy atom. The Labute approximate surface area is 152 Å². The highest BCUT2D eigenvalue weighted by Gasteiger charge is 2.29. The molecule has 2 rings (SSSR count). The minimum absolute atomic E-state index is 0.669. The number of H-pyrrole nitrogens is 1. The van der Waals surface area contributed by atoms with Gasteiger partial charge in [-0.3, -0.25) is 10.00 Å². The number of aliphatic hydroxyl groups is 2. The Hall–Kier alpha value is -2.23. The molecule has 0 fully saturated rings. The molecule has 1 aromatic heterocycles. The summed E-state index contributed by atoms with van der Waals surface area (Å²) in [5.41, 5.74) is 2.74. The molecule has 1 aliphatic carbocycles. The molecule has 146 valence electrons. The Kier molecular flexibility index (Phi) is 8.97. The van der Waals surface area contributed by atoms with Crippen molar-refractivity contribution in [1.29, 1.82) is 0 Å². The van der Waals surface area contributed by atoms with Gasteiger partial charge in [-0.1, -0.05) is 13.0 Å². The highest BCUT2D eigenvalue weighted by Crippen LogP contribution is 2.22. The summed E-state index contributed by atoms with van der Waals surface area (Å²) in [6.07, 6.45) is 4.19. The minimum Gasteiger partial charge on any atom is -0.479 e. The second-order valence-corrected chi connectivity index (χ2v) is 6.12. The van der Waals surface area contributed by atoms with Crippen molar-refractivity contribution in [2.75, 3.05) is 13.1 Å². The normalized spacial score (nSPS) is 18.2. The predicted octanol–water partition coefficient (Wildman–Crippen LogP) is 0.0424. The zero-order valence-electron chi connectivity index (χ0n) is 14.8. The van der Waals surface area contributed by atoms with Crippen LogP contribution in [0, 0.1) is 0 Å². The maximum Gasteiger partial charge on any atom is 0.335 e. The number of rotatable bonds is 8. The maximum atomic E-state index is 9.77. The molecule has 0 spiro atoms. The van der Waals surface area contributed by atoms with Gasteiger partial charge in [-0.2, -0.15) is 5.10 Å². The lowest BCUT2D eigenvalue weighted by Crippen LogP contribution is -2.39. The molecule has 3 atom stereocenters. The van der Waals surface area contributed by atoms with Crippen LogP contribution in [0.3, 0.4) is 0 Å². The average Bonchev–Trinajstić information content (AvgIpc) is 3.08. The molecule has 1 aromatic rings. The number of nitrogens with one attached hydrogen (secondary N) is 1. The number of carbonyl (C=O) groups is 2. The fraction of sp³-hybridized carbons (Fsp3) is 0.588. The highest BCUT2D eigenvalue weighted by molar-refractivity contribution is 5.83. The SMILES string of the molecule is C=CCN(CCC)C1CCc2[nH]ncc2C1.O=C(O)C(O)C(O)C(=O)O. The molecule has 0 aromatic carbocycles. The van der Waals surface area contributed by atoms with Gasteiger partial charge < -0.3 is 20.4 Å². The number of nitrogens with zero attached hydrogens (tertiary/aromatic N) is 2. The second-order valence-electron chi connectivity index (χ2n) is 6.12. The fourth-order valence-corrected chi connectivity index (χ4v) is 2.85. The molecular weight excluding hydrogens is 342 g/mol. The van der Waals surface area contributed by atoms with Crippen LogP contribution in [-0.2, 0) is 22.4 Å².